The van der Waals surface area contributed by atoms with Crippen LogP contribution in [-0.2, 0) is 16.3 Å². The van der Waals surface area contributed by atoms with Gasteiger partial charge < -0.3 is 4.90 Å². The molecule has 0 radical (unpaired) electrons. The maximum Gasteiger partial charge on any atom is 0.175 e. The first-order valence-corrected chi connectivity index (χ1v) is 10.9. The topological polar surface area (TPSA) is 37.4 Å². The maximum absolute atomic E-state index is 11.9. The van der Waals surface area contributed by atoms with Gasteiger partial charge in [0.15, 0.2) is 9.84 Å². The zero-order valence-electron chi connectivity index (χ0n) is 15.3. The van der Waals surface area contributed by atoms with E-state index < -0.39 is 9.84 Å². The Balaban J connectivity index is 1.74. The first-order chi connectivity index (χ1) is 11.8. The van der Waals surface area contributed by atoms with E-state index in [2.05, 4.69) is 36.1 Å². The van der Waals surface area contributed by atoms with Crippen LogP contribution in [0.4, 0.5) is 0 Å². The predicted molar refractivity (Wildman–Crippen MR) is 104 cm³/mol. The molecule has 25 heavy (non-hydrogen) atoms. The van der Waals surface area contributed by atoms with Gasteiger partial charge in [-0.15, -0.1) is 0 Å². The number of nitrogens with zero attached hydrogens (tertiary/aromatic N) is 1. The first kappa shape index (κ1) is 18.2. The van der Waals surface area contributed by atoms with E-state index in [0.717, 1.165) is 29.7 Å². The second-order valence-electron chi connectivity index (χ2n) is 7.23. The third kappa shape index (κ3) is 4.31. The van der Waals surface area contributed by atoms with E-state index in [0.29, 0.717) is 10.9 Å². The Bertz CT molecular complexity index is 841. The highest BCUT2D eigenvalue weighted by Gasteiger charge is 2.19. The van der Waals surface area contributed by atoms with Crippen LogP contribution in [0.5, 0.6) is 0 Å². The van der Waals surface area contributed by atoms with Gasteiger partial charge in [-0.2, -0.15) is 0 Å². The van der Waals surface area contributed by atoms with Gasteiger partial charge in [0.1, 0.15) is 0 Å². The quantitative estimate of drug-likeness (QED) is 0.809. The van der Waals surface area contributed by atoms with Crippen LogP contribution in [-0.4, -0.2) is 38.7 Å². The first-order valence-electron chi connectivity index (χ1n) is 8.98. The maximum atomic E-state index is 11.9. The van der Waals surface area contributed by atoms with Gasteiger partial charge in [0.2, 0.25) is 0 Å². The number of sulfone groups is 1. The number of rotatable bonds is 5. The van der Waals surface area contributed by atoms with Crippen LogP contribution >= 0.6 is 0 Å². The van der Waals surface area contributed by atoms with E-state index in [1.54, 1.807) is 6.07 Å². The summed E-state index contributed by atoms with van der Waals surface area (Å²) < 4.78 is 23.8. The fourth-order valence-electron chi connectivity index (χ4n) is 3.64. The average molecular weight is 358 g/mol. The van der Waals surface area contributed by atoms with Crippen molar-refractivity contribution in [1.29, 1.82) is 0 Å². The van der Waals surface area contributed by atoms with Crippen molar-refractivity contribution in [2.75, 3.05) is 19.3 Å². The monoisotopic (exact) mass is 357 g/mol. The van der Waals surface area contributed by atoms with Crippen molar-refractivity contribution in [2.24, 2.45) is 0 Å². The third-order valence-corrected chi connectivity index (χ3v) is 6.49. The molecule has 0 aromatic heterocycles. The highest BCUT2D eigenvalue weighted by Crippen LogP contribution is 2.26. The molecule has 0 unspecified atom stereocenters. The summed E-state index contributed by atoms with van der Waals surface area (Å²) in [5.74, 6) is 0. The molecule has 0 N–H and O–H groups in total. The molecule has 2 aromatic carbocycles. The Morgan fingerprint density at radius 1 is 1.08 bits per heavy atom. The molecule has 1 saturated heterocycles. The van der Waals surface area contributed by atoms with E-state index in [1.807, 2.05) is 19.1 Å². The molecule has 0 amide bonds. The van der Waals surface area contributed by atoms with Gasteiger partial charge in [0.25, 0.3) is 0 Å². The lowest BCUT2D eigenvalue weighted by Crippen LogP contribution is -2.28. The van der Waals surface area contributed by atoms with Crippen LogP contribution in [0.1, 0.15) is 30.9 Å². The molecule has 0 saturated carbocycles. The molecule has 0 bridgehead atoms. The smallest absolute Gasteiger partial charge is 0.175 e. The summed E-state index contributed by atoms with van der Waals surface area (Å²) in [5, 5.41) is 0. The van der Waals surface area contributed by atoms with E-state index in [-0.39, 0.29) is 0 Å². The summed E-state index contributed by atoms with van der Waals surface area (Å²) in [6, 6.07) is 14.9. The number of hydrogen-bond acceptors (Lipinski definition) is 3. The lowest BCUT2D eigenvalue weighted by Gasteiger charge is -2.20. The van der Waals surface area contributed by atoms with Crippen molar-refractivity contribution in [3.63, 3.8) is 0 Å². The van der Waals surface area contributed by atoms with E-state index in [9.17, 15) is 8.42 Å². The molecule has 1 aliphatic heterocycles. The summed E-state index contributed by atoms with van der Waals surface area (Å²) in [4.78, 5) is 2.98. The van der Waals surface area contributed by atoms with E-state index in [1.165, 1.54) is 31.2 Å². The van der Waals surface area contributed by atoms with Crippen molar-refractivity contribution in [2.45, 2.75) is 44.0 Å². The van der Waals surface area contributed by atoms with Crippen LogP contribution in [0.2, 0.25) is 0 Å². The van der Waals surface area contributed by atoms with Crippen LogP contribution in [0, 0.1) is 6.92 Å². The van der Waals surface area contributed by atoms with Gasteiger partial charge in [-0.25, -0.2) is 8.42 Å². The average Bonchev–Trinajstić information content (AvgIpc) is 2.98. The second-order valence-corrected chi connectivity index (χ2v) is 9.21. The van der Waals surface area contributed by atoms with Crippen LogP contribution < -0.4 is 0 Å². The Morgan fingerprint density at radius 3 is 2.36 bits per heavy atom. The van der Waals surface area contributed by atoms with Crippen molar-refractivity contribution < 1.29 is 8.42 Å². The molecule has 1 atom stereocenters. The minimum absolute atomic E-state index is 0.414. The third-order valence-electron chi connectivity index (χ3n) is 5.25. The van der Waals surface area contributed by atoms with Crippen LogP contribution in [0.3, 0.4) is 0 Å². The molecule has 3 nitrogen and oxygen atoms in total. The van der Waals surface area contributed by atoms with Gasteiger partial charge in [-0.05, 0) is 68.0 Å². The Labute approximate surface area is 151 Å². The Morgan fingerprint density at radius 2 is 1.76 bits per heavy atom. The van der Waals surface area contributed by atoms with Crippen molar-refractivity contribution in [3.05, 3.63) is 53.6 Å². The summed E-state index contributed by atoms with van der Waals surface area (Å²) in [6.07, 6.45) is 4.96. The summed E-state index contributed by atoms with van der Waals surface area (Å²) in [5.41, 5.74) is 4.13. The Hall–Kier alpha value is -1.65. The lowest BCUT2D eigenvalue weighted by molar-refractivity contribution is 0.272. The zero-order valence-corrected chi connectivity index (χ0v) is 16.1. The van der Waals surface area contributed by atoms with Gasteiger partial charge in [0.05, 0.1) is 4.90 Å². The second kappa shape index (κ2) is 7.30. The van der Waals surface area contributed by atoms with E-state index in [4.69, 9.17) is 0 Å². The fourth-order valence-corrected chi connectivity index (χ4v) is 4.63. The number of hydrogen-bond donors (Lipinski definition) is 0. The standard InChI is InChI=1S/C21H27NO2S/c1-16-6-9-20(15-21(16)25(3,23)24)19-10-7-18(8-11-19)12-14-22-13-4-5-17(22)2/h6-11,15,17H,4-5,12-14H2,1-3H3/t17-/m1/s1. The van der Waals surface area contributed by atoms with Crippen molar-refractivity contribution in [3.8, 4) is 11.1 Å². The fraction of sp³-hybridized carbons (Fsp3) is 0.429. The minimum Gasteiger partial charge on any atom is -0.300 e. The summed E-state index contributed by atoms with van der Waals surface area (Å²) in [7, 11) is -3.20. The van der Waals surface area contributed by atoms with Gasteiger partial charge in [-0.1, -0.05) is 36.4 Å². The minimum atomic E-state index is -3.20. The summed E-state index contributed by atoms with van der Waals surface area (Å²) >= 11 is 0. The van der Waals surface area contributed by atoms with Crippen LogP contribution in [0.25, 0.3) is 11.1 Å². The zero-order chi connectivity index (χ0) is 18.0. The molecule has 4 heteroatoms. The molecule has 0 aliphatic carbocycles. The molecule has 0 spiro atoms. The lowest BCUT2D eigenvalue weighted by atomic mass is 10.0. The number of aryl methyl sites for hydroxylation is 1. The Kier molecular flexibility index (Phi) is 5.30. The molecule has 1 heterocycles. The SMILES string of the molecule is Cc1ccc(-c2ccc(CCN3CCC[C@H]3C)cc2)cc1S(C)(=O)=O. The molecule has 1 fully saturated rings. The normalized spacial score (nSPS) is 18.6. The number of benzene rings is 2. The van der Waals surface area contributed by atoms with Gasteiger partial charge in [0, 0.05) is 18.8 Å². The molecule has 134 valence electrons. The molecular formula is C21H27NO2S. The van der Waals surface area contributed by atoms with Crippen molar-refractivity contribution >= 4 is 9.84 Å². The molecule has 1 aliphatic rings. The number of likely N-dealkylation sites (tertiary alicyclic amines) is 1. The molecular weight excluding hydrogens is 330 g/mol. The highest BCUT2D eigenvalue weighted by atomic mass is 32.2. The summed E-state index contributed by atoms with van der Waals surface area (Å²) in [6.45, 7) is 6.48. The molecule has 3 rings (SSSR count). The largest absolute Gasteiger partial charge is 0.300 e. The van der Waals surface area contributed by atoms with Gasteiger partial charge in [-0.3, -0.25) is 0 Å². The molecule has 2 aromatic rings. The van der Waals surface area contributed by atoms with Gasteiger partial charge >= 0.3 is 0 Å². The predicted octanol–water partition coefficient (Wildman–Crippen LogP) is 4.09. The van der Waals surface area contributed by atoms with Crippen LogP contribution in [0.15, 0.2) is 47.4 Å². The highest BCUT2D eigenvalue weighted by molar-refractivity contribution is 7.90. The van der Waals surface area contributed by atoms with E-state index >= 15 is 0 Å². The van der Waals surface area contributed by atoms with Crippen molar-refractivity contribution in [1.82, 2.24) is 4.90 Å².